The molecule has 1 aromatic heterocycles. The van der Waals surface area contributed by atoms with Gasteiger partial charge in [0.25, 0.3) is 5.91 Å². The molecule has 1 aliphatic heterocycles. The van der Waals surface area contributed by atoms with Crippen LogP contribution in [0.2, 0.25) is 0 Å². The summed E-state index contributed by atoms with van der Waals surface area (Å²) in [5.41, 5.74) is 0. The van der Waals surface area contributed by atoms with Gasteiger partial charge in [-0.3, -0.25) is 4.79 Å². The molecule has 0 aliphatic carbocycles. The van der Waals surface area contributed by atoms with E-state index in [0.717, 1.165) is 19.5 Å². The topological polar surface area (TPSA) is 59.8 Å². The molecule has 1 amide bonds. The molecule has 2 atom stereocenters. The zero-order valence-electron chi connectivity index (χ0n) is 12.5. The molecule has 1 fully saturated rings. The molecule has 0 N–H and O–H groups in total. The lowest BCUT2D eigenvalue weighted by Gasteiger charge is -2.34. The third kappa shape index (κ3) is 4.77. The molecule has 5 heteroatoms. The smallest absolute Gasteiger partial charge is 0.331 e. The van der Waals surface area contributed by atoms with Crippen LogP contribution in [0.25, 0.3) is 6.08 Å². The van der Waals surface area contributed by atoms with Crippen molar-refractivity contribution in [3.05, 3.63) is 30.2 Å². The van der Waals surface area contributed by atoms with Gasteiger partial charge >= 0.3 is 5.97 Å². The Morgan fingerprint density at radius 1 is 1.38 bits per heavy atom. The van der Waals surface area contributed by atoms with E-state index >= 15 is 0 Å². The van der Waals surface area contributed by atoms with Crippen LogP contribution < -0.4 is 0 Å². The second-order valence-corrected chi connectivity index (χ2v) is 5.70. The van der Waals surface area contributed by atoms with Gasteiger partial charge < -0.3 is 14.1 Å². The van der Waals surface area contributed by atoms with Crippen LogP contribution in [0.15, 0.2) is 28.9 Å². The Balaban J connectivity index is 1.77. The van der Waals surface area contributed by atoms with Crippen molar-refractivity contribution in [1.82, 2.24) is 4.90 Å². The number of nitrogens with zero attached hydrogens (tertiary/aromatic N) is 1. The molecule has 1 aromatic rings. The van der Waals surface area contributed by atoms with Crippen molar-refractivity contribution in [1.29, 1.82) is 0 Å². The van der Waals surface area contributed by atoms with Gasteiger partial charge in [0, 0.05) is 19.2 Å². The zero-order chi connectivity index (χ0) is 15.2. The van der Waals surface area contributed by atoms with Gasteiger partial charge in [-0.15, -0.1) is 0 Å². The average Bonchev–Trinajstić information content (AvgIpc) is 2.94. The Hall–Kier alpha value is -2.04. The van der Waals surface area contributed by atoms with Gasteiger partial charge in [-0.1, -0.05) is 13.8 Å². The van der Waals surface area contributed by atoms with Crippen LogP contribution in [0.4, 0.5) is 0 Å². The summed E-state index contributed by atoms with van der Waals surface area (Å²) < 4.78 is 10.0. The van der Waals surface area contributed by atoms with Crippen molar-refractivity contribution in [2.24, 2.45) is 11.8 Å². The minimum Gasteiger partial charge on any atom is -0.465 e. The van der Waals surface area contributed by atoms with Crippen molar-refractivity contribution in [2.45, 2.75) is 20.3 Å². The Kier molecular flexibility index (Phi) is 5.20. The van der Waals surface area contributed by atoms with E-state index in [2.05, 4.69) is 13.8 Å². The van der Waals surface area contributed by atoms with Crippen LogP contribution in [0.1, 0.15) is 26.0 Å². The molecule has 114 valence electrons. The summed E-state index contributed by atoms with van der Waals surface area (Å²) in [5.74, 6) is 0.877. The lowest BCUT2D eigenvalue weighted by atomic mass is 9.92. The van der Waals surface area contributed by atoms with Gasteiger partial charge in [0.2, 0.25) is 0 Å². The van der Waals surface area contributed by atoms with Crippen molar-refractivity contribution in [3.63, 3.8) is 0 Å². The van der Waals surface area contributed by atoms with Gasteiger partial charge in [0.15, 0.2) is 6.61 Å². The van der Waals surface area contributed by atoms with E-state index in [1.54, 1.807) is 17.0 Å². The van der Waals surface area contributed by atoms with E-state index in [0.29, 0.717) is 17.6 Å². The molecule has 1 saturated heterocycles. The molecule has 0 unspecified atom stereocenters. The monoisotopic (exact) mass is 291 g/mol. The highest BCUT2D eigenvalue weighted by Gasteiger charge is 2.25. The normalized spacial score (nSPS) is 22.5. The molecular weight excluding hydrogens is 270 g/mol. The van der Waals surface area contributed by atoms with Crippen molar-refractivity contribution in [2.75, 3.05) is 19.7 Å². The van der Waals surface area contributed by atoms with Crippen molar-refractivity contribution < 1.29 is 18.7 Å². The summed E-state index contributed by atoms with van der Waals surface area (Å²) in [6, 6.07) is 3.46. The predicted molar refractivity (Wildman–Crippen MR) is 78.2 cm³/mol. The summed E-state index contributed by atoms with van der Waals surface area (Å²) in [7, 11) is 0. The second kappa shape index (κ2) is 7.11. The highest BCUT2D eigenvalue weighted by Crippen LogP contribution is 2.20. The van der Waals surface area contributed by atoms with Crippen LogP contribution in [-0.4, -0.2) is 36.5 Å². The second-order valence-electron chi connectivity index (χ2n) is 5.70. The summed E-state index contributed by atoms with van der Waals surface area (Å²) in [4.78, 5) is 25.3. The number of esters is 1. The van der Waals surface area contributed by atoms with E-state index in [9.17, 15) is 9.59 Å². The summed E-state index contributed by atoms with van der Waals surface area (Å²) in [6.07, 6.45) is 5.42. The molecule has 0 aromatic carbocycles. The fourth-order valence-corrected chi connectivity index (χ4v) is 2.68. The molecule has 0 spiro atoms. The van der Waals surface area contributed by atoms with E-state index in [4.69, 9.17) is 9.15 Å². The van der Waals surface area contributed by atoms with Gasteiger partial charge in [0.1, 0.15) is 5.76 Å². The standard InChI is InChI=1S/C16H21NO4/c1-12-8-13(2)10-17(9-12)15(18)11-21-16(19)6-5-14-4-3-7-20-14/h3-7,12-13H,8-11H2,1-2H3/b6-5+/t12-,13+. The number of amides is 1. The first-order valence-electron chi connectivity index (χ1n) is 7.20. The number of piperidine rings is 1. The highest BCUT2D eigenvalue weighted by atomic mass is 16.5. The number of hydrogen-bond donors (Lipinski definition) is 0. The highest BCUT2D eigenvalue weighted by molar-refractivity contribution is 5.88. The first-order chi connectivity index (χ1) is 10.0. The van der Waals surface area contributed by atoms with E-state index in [1.807, 2.05) is 0 Å². The number of rotatable bonds is 4. The van der Waals surface area contributed by atoms with Crippen LogP contribution in [0.5, 0.6) is 0 Å². The van der Waals surface area contributed by atoms with Gasteiger partial charge in [-0.05, 0) is 36.5 Å². The maximum atomic E-state index is 12.0. The summed E-state index contributed by atoms with van der Waals surface area (Å²) >= 11 is 0. The Labute approximate surface area is 124 Å². The van der Waals surface area contributed by atoms with E-state index in [1.165, 1.54) is 18.4 Å². The van der Waals surface area contributed by atoms with Crippen molar-refractivity contribution in [3.8, 4) is 0 Å². The molecule has 0 radical (unpaired) electrons. The maximum absolute atomic E-state index is 12.0. The molecule has 0 saturated carbocycles. The minimum absolute atomic E-state index is 0.131. The van der Waals surface area contributed by atoms with E-state index < -0.39 is 5.97 Å². The molecule has 2 heterocycles. The molecule has 2 rings (SSSR count). The Morgan fingerprint density at radius 2 is 2.10 bits per heavy atom. The van der Waals surface area contributed by atoms with Crippen LogP contribution in [0, 0.1) is 11.8 Å². The van der Waals surface area contributed by atoms with Crippen LogP contribution in [0.3, 0.4) is 0 Å². The third-order valence-corrected chi connectivity index (χ3v) is 3.49. The summed E-state index contributed by atoms with van der Waals surface area (Å²) in [6.45, 7) is 5.54. The maximum Gasteiger partial charge on any atom is 0.331 e. The molecule has 21 heavy (non-hydrogen) atoms. The predicted octanol–water partition coefficient (Wildman–Crippen LogP) is 2.34. The number of ether oxygens (including phenoxy) is 1. The van der Waals surface area contributed by atoms with E-state index in [-0.39, 0.29) is 12.5 Å². The molecule has 0 bridgehead atoms. The number of carbonyl (C=O) groups excluding carboxylic acids is 2. The Morgan fingerprint density at radius 3 is 2.71 bits per heavy atom. The number of likely N-dealkylation sites (tertiary alicyclic amines) is 1. The van der Waals surface area contributed by atoms with Crippen LogP contribution in [-0.2, 0) is 14.3 Å². The lowest BCUT2D eigenvalue weighted by molar-refractivity contribution is -0.149. The zero-order valence-corrected chi connectivity index (χ0v) is 12.5. The minimum atomic E-state index is -0.544. The SMILES string of the molecule is C[C@@H]1C[C@H](C)CN(C(=O)COC(=O)/C=C/c2ccco2)C1. The average molecular weight is 291 g/mol. The molecular formula is C16H21NO4. The molecule has 1 aliphatic rings. The Bertz CT molecular complexity index is 496. The van der Waals surface area contributed by atoms with Crippen LogP contribution >= 0.6 is 0 Å². The van der Waals surface area contributed by atoms with Gasteiger partial charge in [-0.25, -0.2) is 4.79 Å². The number of furan rings is 1. The number of hydrogen-bond acceptors (Lipinski definition) is 4. The fraction of sp³-hybridized carbons (Fsp3) is 0.500. The lowest BCUT2D eigenvalue weighted by Crippen LogP contribution is -2.44. The fourth-order valence-electron chi connectivity index (χ4n) is 2.68. The third-order valence-electron chi connectivity index (χ3n) is 3.49. The molecule has 5 nitrogen and oxygen atoms in total. The van der Waals surface area contributed by atoms with Gasteiger partial charge in [0.05, 0.1) is 6.26 Å². The largest absolute Gasteiger partial charge is 0.465 e. The number of carbonyl (C=O) groups is 2. The first-order valence-corrected chi connectivity index (χ1v) is 7.20. The van der Waals surface area contributed by atoms with Crippen molar-refractivity contribution >= 4 is 18.0 Å². The first kappa shape index (κ1) is 15.4. The van der Waals surface area contributed by atoms with Gasteiger partial charge in [-0.2, -0.15) is 0 Å². The quantitative estimate of drug-likeness (QED) is 0.631. The summed E-state index contributed by atoms with van der Waals surface area (Å²) in [5, 5.41) is 0.